The molecule has 1 aromatic carbocycles. The quantitative estimate of drug-likeness (QED) is 0.506. The Labute approximate surface area is 181 Å². The number of rotatable bonds is 7. The van der Waals surface area contributed by atoms with Gasteiger partial charge in [-0.25, -0.2) is 9.78 Å². The summed E-state index contributed by atoms with van der Waals surface area (Å²) in [6, 6.07) is 13.3. The maximum Gasteiger partial charge on any atom is 0.407 e. The van der Waals surface area contributed by atoms with E-state index in [1.165, 1.54) is 6.08 Å². The van der Waals surface area contributed by atoms with Crippen LogP contribution in [0.15, 0.2) is 60.9 Å². The van der Waals surface area contributed by atoms with Crippen molar-refractivity contribution in [2.45, 2.75) is 38.8 Å². The van der Waals surface area contributed by atoms with Crippen molar-refractivity contribution < 1.29 is 14.3 Å². The third-order valence-corrected chi connectivity index (χ3v) is 4.46. The second-order valence-electron chi connectivity index (χ2n) is 8.25. The molecule has 0 radical (unpaired) electrons. The number of H-pyrrole nitrogens is 1. The molecule has 3 rings (SSSR count). The monoisotopic (exact) mass is 420 g/mol. The van der Waals surface area contributed by atoms with Crippen LogP contribution in [0.1, 0.15) is 31.9 Å². The molecular weight excluding hydrogens is 392 g/mol. The highest BCUT2D eigenvalue weighted by Gasteiger charge is 2.18. The van der Waals surface area contributed by atoms with Crippen molar-refractivity contribution in [3.8, 4) is 0 Å². The van der Waals surface area contributed by atoms with Crippen molar-refractivity contribution in [3.05, 3.63) is 72.1 Å². The number of carbonyl (C=O) groups excluding carboxylic acids is 2. The highest BCUT2D eigenvalue weighted by molar-refractivity contribution is 5.95. The molecule has 0 fully saturated rings. The molecule has 0 aliphatic carbocycles. The Kier molecular flexibility index (Phi) is 7.07. The zero-order valence-electron chi connectivity index (χ0n) is 18.0. The number of nitrogens with one attached hydrogen (secondary N) is 3. The summed E-state index contributed by atoms with van der Waals surface area (Å²) in [6.45, 7) is 5.67. The molecule has 3 aromatic rings. The molecule has 2 aromatic heterocycles. The Morgan fingerprint density at radius 3 is 2.68 bits per heavy atom. The van der Waals surface area contributed by atoms with E-state index in [0.29, 0.717) is 6.42 Å². The maximum atomic E-state index is 12.6. The summed E-state index contributed by atoms with van der Waals surface area (Å²) in [4.78, 5) is 31.9. The van der Waals surface area contributed by atoms with Gasteiger partial charge in [-0.3, -0.25) is 4.79 Å². The van der Waals surface area contributed by atoms with Crippen LogP contribution in [0, 0.1) is 0 Å². The number of hydrogen-bond donors (Lipinski definition) is 3. The Hall–Kier alpha value is -3.61. The fourth-order valence-corrected chi connectivity index (χ4v) is 3.12. The van der Waals surface area contributed by atoms with Crippen LogP contribution in [0.3, 0.4) is 0 Å². The lowest BCUT2D eigenvalue weighted by Crippen LogP contribution is -2.45. The van der Waals surface area contributed by atoms with Gasteiger partial charge in [0.25, 0.3) is 0 Å². The van der Waals surface area contributed by atoms with E-state index in [1.807, 2.05) is 48.7 Å². The number of nitrogens with zero attached hydrogens (tertiary/aromatic N) is 1. The van der Waals surface area contributed by atoms with E-state index in [4.69, 9.17) is 4.74 Å². The number of carbonyl (C=O) groups is 2. The number of hydrogen-bond acceptors (Lipinski definition) is 4. The largest absolute Gasteiger partial charge is 0.444 e. The summed E-state index contributed by atoms with van der Waals surface area (Å²) in [5.41, 5.74) is 2.13. The number of alkyl carbamates (subject to hydrolysis) is 1. The van der Waals surface area contributed by atoms with E-state index in [2.05, 4.69) is 20.6 Å². The predicted molar refractivity (Wildman–Crippen MR) is 121 cm³/mol. The fraction of sp³-hybridized carbons (Fsp3) is 0.292. The van der Waals surface area contributed by atoms with Crippen molar-refractivity contribution in [2.75, 3.05) is 6.54 Å². The fourth-order valence-electron chi connectivity index (χ4n) is 3.12. The van der Waals surface area contributed by atoms with Gasteiger partial charge in [-0.05, 0) is 51.0 Å². The molecular formula is C24H28N4O3. The summed E-state index contributed by atoms with van der Waals surface area (Å²) in [5, 5.41) is 6.66. The third-order valence-electron chi connectivity index (χ3n) is 4.46. The second-order valence-corrected chi connectivity index (χ2v) is 8.25. The summed E-state index contributed by atoms with van der Waals surface area (Å²) in [7, 11) is 0. The third kappa shape index (κ3) is 6.99. The number of amides is 2. The van der Waals surface area contributed by atoms with Gasteiger partial charge in [0.2, 0.25) is 5.91 Å². The summed E-state index contributed by atoms with van der Waals surface area (Å²) < 4.78 is 5.29. The van der Waals surface area contributed by atoms with E-state index in [-0.39, 0.29) is 18.5 Å². The number of aromatic amines is 1. The van der Waals surface area contributed by atoms with Crippen LogP contribution >= 0.6 is 0 Å². The van der Waals surface area contributed by atoms with Gasteiger partial charge in [-0.2, -0.15) is 0 Å². The number of aromatic nitrogens is 2. The minimum Gasteiger partial charge on any atom is -0.444 e. The highest BCUT2D eigenvalue weighted by Crippen LogP contribution is 2.16. The normalized spacial score (nSPS) is 12.6. The van der Waals surface area contributed by atoms with E-state index in [0.717, 1.165) is 22.2 Å². The summed E-state index contributed by atoms with van der Waals surface area (Å²) in [6.07, 6.45) is 6.82. The highest BCUT2D eigenvalue weighted by atomic mass is 16.6. The number of pyridine rings is 1. The van der Waals surface area contributed by atoms with Crippen LogP contribution in [-0.4, -0.2) is 40.2 Å². The van der Waals surface area contributed by atoms with Crippen LogP contribution in [-0.2, 0) is 16.0 Å². The van der Waals surface area contributed by atoms with Crippen molar-refractivity contribution in [2.24, 2.45) is 0 Å². The van der Waals surface area contributed by atoms with E-state index in [9.17, 15) is 9.59 Å². The van der Waals surface area contributed by atoms with Crippen molar-refractivity contribution in [1.82, 2.24) is 20.6 Å². The lowest BCUT2D eigenvalue weighted by atomic mass is 10.1. The van der Waals surface area contributed by atoms with Crippen molar-refractivity contribution >= 4 is 29.1 Å². The Morgan fingerprint density at radius 2 is 1.94 bits per heavy atom. The van der Waals surface area contributed by atoms with E-state index in [1.54, 1.807) is 33.0 Å². The predicted octanol–water partition coefficient (Wildman–Crippen LogP) is 3.83. The first-order valence-electron chi connectivity index (χ1n) is 10.2. The topological polar surface area (TPSA) is 96.1 Å². The lowest BCUT2D eigenvalue weighted by Gasteiger charge is -2.22. The number of fused-ring (bicyclic) bond motifs is 1. The minimum absolute atomic E-state index is 0.245. The first-order valence-corrected chi connectivity index (χ1v) is 10.2. The van der Waals surface area contributed by atoms with Crippen molar-refractivity contribution in [3.63, 3.8) is 0 Å². The van der Waals surface area contributed by atoms with Gasteiger partial charge in [0.05, 0.1) is 6.04 Å². The first kappa shape index (κ1) is 22.1. The van der Waals surface area contributed by atoms with Gasteiger partial charge in [0.15, 0.2) is 0 Å². The van der Waals surface area contributed by atoms with Gasteiger partial charge < -0.3 is 20.4 Å². The van der Waals surface area contributed by atoms with Gasteiger partial charge in [0, 0.05) is 36.0 Å². The van der Waals surface area contributed by atoms with E-state index < -0.39 is 11.7 Å². The Balaban J connectivity index is 1.65. The van der Waals surface area contributed by atoms with Crippen LogP contribution < -0.4 is 10.6 Å². The molecule has 0 bridgehead atoms. The Morgan fingerprint density at radius 1 is 1.16 bits per heavy atom. The average molecular weight is 421 g/mol. The van der Waals surface area contributed by atoms with Gasteiger partial charge in [-0.1, -0.05) is 30.3 Å². The maximum absolute atomic E-state index is 12.6. The standard InChI is InChI=1S/C24H28N4O3/c1-24(2,3)31-23(30)27-16-19(14-17-8-5-4-6-9-17)28-21(29)12-11-18-15-26-22-20(18)10-7-13-25-22/h4-13,15,19H,14,16H2,1-3H3,(H,25,26)(H,27,30)(H,28,29)/t19-/m0/s1. The second kappa shape index (κ2) is 9.93. The molecule has 0 spiro atoms. The van der Waals surface area contributed by atoms with Gasteiger partial charge in [0.1, 0.15) is 11.2 Å². The van der Waals surface area contributed by atoms with E-state index >= 15 is 0 Å². The minimum atomic E-state index is -0.584. The van der Waals surface area contributed by atoms with Crippen LogP contribution in [0.4, 0.5) is 4.79 Å². The van der Waals surface area contributed by atoms with Crippen LogP contribution in [0.5, 0.6) is 0 Å². The molecule has 0 unspecified atom stereocenters. The summed E-state index contributed by atoms with van der Waals surface area (Å²) >= 11 is 0. The molecule has 3 N–H and O–H groups in total. The lowest BCUT2D eigenvalue weighted by molar-refractivity contribution is -0.117. The van der Waals surface area contributed by atoms with Gasteiger partial charge in [-0.15, -0.1) is 0 Å². The molecule has 7 heteroatoms. The molecule has 1 atom stereocenters. The summed E-state index contributed by atoms with van der Waals surface area (Å²) in [5.74, 6) is -0.245. The zero-order chi connectivity index (χ0) is 22.3. The number of ether oxygens (including phenoxy) is 1. The number of benzene rings is 1. The van der Waals surface area contributed by atoms with Crippen LogP contribution in [0.25, 0.3) is 17.1 Å². The SMILES string of the molecule is CC(C)(C)OC(=O)NC[C@H](Cc1ccccc1)NC(=O)C=Cc1c[nH]c2ncccc12. The molecule has 2 heterocycles. The van der Waals surface area contributed by atoms with Crippen molar-refractivity contribution in [1.29, 1.82) is 0 Å². The molecule has 0 saturated heterocycles. The molecule has 2 amide bonds. The van der Waals surface area contributed by atoms with Crippen LogP contribution in [0.2, 0.25) is 0 Å². The first-order chi connectivity index (χ1) is 14.8. The molecule has 162 valence electrons. The average Bonchev–Trinajstić information content (AvgIpc) is 3.13. The molecule has 31 heavy (non-hydrogen) atoms. The molecule has 0 aliphatic rings. The molecule has 7 nitrogen and oxygen atoms in total. The molecule has 0 saturated carbocycles. The smallest absolute Gasteiger partial charge is 0.407 e. The Bertz CT molecular complexity index is 1050. The zero-order valence-corrected chi connectivity index (χ0v) is 18.0. The van der Waals surface area contributed by atoms with Gasteiger partial charge >= 0.3 is 6.09 Å². The molecule has 0 aliphatic heterocycles.